The highest BCUT2D eigenvalue weighted by Crippen LogP contribution is 1.89. The molecule has 54 valence electrons. The molecule has 0 unspecified atom stereocenters. The predicted molar refractivity (Wildman–Crippen MR) is 32.8 cm³/mol. The van der Waals surface area contributed by atoms with E-state index in [-0.39, 0.29) is 5.57 Å². The summed E-state index contributed by atoms with van der Waals surface area (Å²) in [6.45, 7) is -0.439. The van der Waals surface area contributed by atoms with E-state index < -0.39 is 12.6 Å². The van der Waals surface area contributed by atoms with Crippen LogP contribution in [0.4, 0.5) is 0 Å². The Hall–Kier alpha value is -1.34. The molecule has 0 spiro atoms. The van der Waals surface area contributed by atoms with E-state index in [1.54, 1.807) is 6.07 Å². The Bertz CT molecular complexity index is 190. The normalized spacial score (nSPS) is 10.3. The number of nitrogens with zero attached hydrogens (tertiary/aromatic N) is 1. The van der Waals surface area contributed by atoms with E-state index in [0.717, 1.165) is 6.08 Å². The molecule has 0 rings (SSSR count). The zero-order chi connectivity index (χ0) is 7.98. The van der Waals surface area contributed by atoms with Gasteiger partial charge in [0.05, 0.1) is 25.4 Å². The number of hydrogen-bond donors (Lipinski definition) is 1. The first-order valence-corrected chi connectivity index (χ1v) is 2.54. The quantitative estimate of drug-likeness (QED) is 0.323. The molecule has 0 fully saturated rings. The molecule has 0 aliphatic heterocycles. The van der Waals surface area contributed by atoms with E-state index in [0.29, 0.717) is 0 Å². The summed E-state index contributed by atoms with van der Waals surface area (Å²) >= 11 is 0. The molecule has 10 heavy (non-hydrogen) atoms. The number of hydrogen-bond acceptors (Lipinski definition) is 4. The van der Waals surface area contributed by atoms with Gasteiger partial charge < -0.3 is 9.84 Å². The summed E-state index contributed by atoms with van der Waals surface area (Å²) in [4.78, 5) is 10.4. The van der Waals surface area contributed by atoms with Crippen LogP contribution in [0.25, 0.3) is 0 Å². The van der Waals surface area contributed by atoms with Gasteiger partial charge in [0.25, 0.3) is 0 Å². The molecule has 0 saturated heterocycles. The molecule has 1 N–H and O–H groups in total. The Labute approximate surface area is 58.3 Å². The third-order valence-electron chi connectivity index (χ3n) is 0.807. The molecule has 0 radical (unpaired) electrons. The van der Waals surface area contributed by atoms with Crippen molar-refractivity contribution in [2.24, 2.45) is 0 Å². The molecule has 0 amide bonds. The van der Waals surface area contributed by atoms with Crippen molar-refractivity contribution in [2.45, 2.75) is 0 Å². The Morgan fingerprint density at radius 3 is 2.80 bits per heavy atom. The van der Waals surface area contributed by atoms with E-state index in [2.05, 4.69) is 4.74 Å². The number of nitriles is 1. The third-order valence-corrected chi connectivity index (χ3v) is 0.807. The number of carbonyl (C=O) groups is 1. The first-order valence-electron chi connectivity index (χ1n) is 2.54. The minimum absolute atomic E-state index is 0.00755. The summed E-state index contributed by atoms with van der Waals surface area (Å²) in [5.41, 5.74) is -0.00755. The highest BCUT2D eigenvalue weighted by Gasteiger charge is 1.97. The topological polar surface area (TPSA) is 70.3 Å². The third kappa shape index (κ3) is 2.84. The van der Waals surface area contributed by atoms with Crippen LogP contribution in [0.15, 0.2) is 11.6 Å². The lowest BCUT2D eigenvalue weighted by molar-refractivity contribution is -0.134. The van der Waals surface area contributed by atoms with Crippen molar-refractivity contribution in [3.8, 4) is 6.07 Å². The van der Waals surface area contributed by atoms with Gasteiger partial charge in [0.2, 0.25) is 0 Å². The summed E-state index contributed by atoms with van der Waals surface area (Å²) < 4.78 is 4.21. The zero-order valence-corrected chi connectivity index (χ0v) is 5.50. The van der Waals surface area contributed by atoms with Gasteiger partial charge in [0.1, 0.15) is 0 Å². The van der Waals surface area contributed by atoms with E-state index in [4.69, 9.17) is 10.4 Å². The van der Waals surface area contributed by atoms with Crippen LogP contribution in [-0.4, -0.2) is 24.8 Å². The average Bonchev–Trinajstić information content (AvgIpc) is 1.99. The van der Waals surface area contributed by atoms with Crippen molar-refractivity contribution in [3.05, 3.63) is 11.6 Å². The first-order chi connectivity index (χ1) is 4.74. The maximum Gasteiger partial charge on any atom is 0.331 e. The lowest BCUT2D eigenvalue weighted by Gasteiger charge is -1.90. The summed E-state index contributed by atoms with van der Waals surface area (Å²) in [6, 6.07) is 1.63. The van der Waals surface area contributed by atoms with E-state index in [9.17, 15) is 4.79 Å². The zero-order valence-electron chi connectivity index (χ0n) is 5.50. The van der Waals surface area contributed by atoms with Crippen molar-refractivity contribution in [2.75, 3.05) is 13.7 Å². The van der Waals surface area contributed by atoms with Gasteiger partial charge in [-0.1, -0.05) is 0 Å². The van der Waals surface area contributed by atoms with Crippen molar-refractivity contribution < 1.29 is 14.6 Å². The van der Waals surface area contributed by atoms with Crippen molar-refractivity contribution in [3.63, 3.8) is 0 Å². The van der Waals surface area contributed by atoms with Crippen LogP contribution in [0.5, 0.6) is 0 Å². The van der Waals surface area contributed by atoms with Crippen molar-refractivity contribution in [1.29, 1.82) is 5.26 Å². The number of methoxy groups -OCH3 is 1. The summed E-state index contributed by atoms with van der Waals surface area (Å²) in [5.74, 6) is -0.634. The van der Waals surface area contributed by atoms with Gasteiger partial charge >= 0.3 is 5.97 Å². The van der Waals surface area contributed by atoms with E-state index in [1.807, 2.05) is 0 Å². The highest BCUT2D eigenvalue weighted by molar-refractivity contribution is 5.83. The largest absolute Gasteiger partial charge is 0.466 e. The standard InChI is InChI=1S/C6H7NO3/c1-10-6(9)2-5(3-7)4-8/h2,8H,4H2,1H3/b5-2+. The second-order valence-electron chi connectivity index (χ2n) is 1.46. The van der Waals surface area contributed by atoms with Gasteiger partial charge in [-0.05, 0) is 0 Å². The first kappa shape index (κ1) is 8.66. The second kappa shape index (κ2) is 4.53. The SMILES string of the molecule is COC(=O)/C=C(\C#N)CO. The van der Waals surface area contributed by atoms with Gasteiger partial charge in [0.15, 0.2) is 0 Å². The molecular formula is C6H7NO3. The molecule has 0 aromatic heterocycles. The van der Waals surface area contributed by atoms with Crippen LogP contribution in [0.1, 0.15) is 0 Å². The van der Waals surface area contributed by atoms with Gasteiger partial charge in [-0.25, -0.2) is 4.79 Å². The van der Waals surface area contributed by atoms with Crippen LogP contribution < -0.4 is 0 Å². The van der Waals surface area contributed by atoms with Crippen LogP contribution >= 0.6 is 0 Å². The van der Waals surface area contributed by atoms with E-state index >= 15 is 0 Å². The molecule has 0 atom stereocenters. The maximum absolute atomic E-state index is 10.4. The fraction of sp³-hybridized carbons (Fsp3) is 0.333. The van der Waals surface area contributed by atoms with E-state index in [1.165, 1.54) is 7.11 Å². The van der Waals surface area contributed by atoms with Crippen molar-refractivity contribution in [1.82, 2.24) is 0 Å². The Balaban J connectivity index is 4.14. The smallest absolute Gasteiger partial charge is 0.331 e. The maximum atomic E-state index is 10.4. The molecule has 0 bridgehead atoms. The Morgan fingerprint density at radius 2 is 2.50 bits per heavy atom. The van der Waals surface area contributed by atoms with Gasteiger partial charge in [-0.15, -0.1) is 0 Å². The average molecular weight is 141 g/mol. The molecular weight excluding hydrogens is 134 g/mol. The molecule has 0 heterocycles. The number of aliphatic hydroxyl groups excluding tert-OH is 1. The molecule has 0 aromatic rings. The molecule has 0 aliphatic carbocycles. The van der Waals surface area contributed by atoms with Crippen molar-refractivity contribution >= 4 is 5.97 Å². The summed E-state index contributed by atoms with van der Waals surface area (Å²) in [7, 11) is 1.20. The van der Waals surface area contributed by atoms with Gasteiger partial charge in [0, 0.05) is 6.08 Å². The van der Waals surface area contributed by atoms with Crippen LogP contribution in [-0.2, 0) is 9.53 Å². The lowest BCUT2D eigenvalue weighted by Crippen LogP contribution is -1.98. The Kier molecular flexibility index (Phi) is 3.92. The van der Waals surface area contributed by atoms with Gasteiger partial charge in [-0.3, -0.25) is 0 Å². The number of esters is 1. The minimum Gasteiger partial charge on any atom is -0.466 e. The molecule has 0 aliphatic rings. The molecule has 0 aromatic carbocycles. The van der Waals surface area contributed by atoms with Gasteiger partial charge in [-0.2, -0.15) is 5.26 Å². The summed E-state index contributed by atoms with van der Waals surface area (Å²) in [6.07, 6.45) is 0.944. The number of rotatable bonds is 2. The number of ether oxygens (including phenoxy) is 1. The Morgan fingerprint density at radius 1 is 1.90 bits per heavy atom. The molecule has 4 nitrogen and oxygen atoms in total. The second-order valence-corrected chi connectivity index (χ2v) is 1.46. The van der Waals surface area contributed by atoms with Crippen LogP contribution in [0.2, 0.25) is 0 Å². The molecule has 4 heteroatoms. The fourth-order valence-corrected chi connectivity index (χ4v) is 0.314. The van der Waals surface area contributed by atoms with Crippen LogP contribution in [0, 0.1) is 11.3 Å². The summed E-state index contributed by atoms with van der Waals surface area (Å²) in [5, 5.41) is 16.6. The fourth-order valence-electron chi connectivity index (χ4n) is 0.314. The van der Waals surface area contributed by atoms with Crippen LogP contribution in [0.3, 0.4) is 0 Å². The lowest BCUT2D eigenvalue weighted by atomic mass is 10.3. The minimum atomic E-state index is -0.634. The predicted octanol–water partition coefficient (Wildman–Crippen LogP) is -0.398. The monoisotopic (exact) mass is 141 g/mol. The number of carbonyl (C=O) groups excluding carboxylic acids is 1. The molecule has 0 saturated carbocycles. The number of aliphatic hydroxyl groups is 1. The highest BCUT2D eigenvalue weighted by atomic mass is 16.5.